The van der Waals surface area contributed by atoms with Crippen LogP contribution in [0.4, 0.5) is 0 Å². The number of nitrogens with two attached hydrogens (primary N) is 2. The van der Waals surface area contributed by atoms with E-state index in [-0.39, 0.29) is 12.1 Å². The number of nitrogens with one attached hydrogen (secondary N) is 2. The fraction of sp³-hybridized carbons (Fsp3) is 0.250. The maximum Gasteiger partial charge on any atom is 0.0431 e. The SMILES string of the molecule is CC(NN)c1ccccc1.CC(NN)c1ccccc1.O=S(=O)([O-])[O-]. The second-order valence-corrected chi connectivity index (χ2v) is 5.82. The predicted octanol–water partition coefficient (Wildman–Crippen LogP) is 1.08. The Hall–Kier alpha value is -1.85. The van der Waals surface area contributed by atoms with Crippen molar-refractivity contribution in [3.05, 3.63) is 71.8 Å². The van der Waals surface area contributed by atoms with Crippen LogP contribution in [-0.4, -0.2) is 17.5 Å². The fourth-order valence-electron chi connectivity index (χ4n) is 1.68. The smallest absolute Gasteiger partial charge is 0.0431 e. The summed E-state index contributed by atoms with van der Waals surface area (Å²) in [5.74, 6) is 10.5. The van der Waals surface area contributed by atoms with Gasteiger partial charge in [0.15, 0.2) is 0 Å². The summed E-state index contributed by atoms with van der Waals surface area (Å²) in [4.78, 5) is 0. The van der Waals surface area contributed by atoms with E-state index in [0.717, 1.165) is 0 Å². The molecule has 0 heterocycles. The van der Waals surface area contributed by atoms with Gasteiger partial charge in [-0.1, -0.05) is 60.7 Å². The first-order chi connectivity index (χ1) is 11.7. The molecule has 9 heteroatoms. The van der Waals surface area contributed by atoms with Crippen LogP contribution < -0.4 is 22.5 Å². The summed E-state index contributed by atoms with van der Waals surface area (Å²) in [6.07, 6.45) is 0. The molecule has 25 heavy (non-hydrogen) atoms. The van der Waals surface area contributed by atoms with Gasteiger partial charge in [0, 0.05) is 22.5 Å². The second-order valence-electron chi connectivity index (χ2n) is 5.01. The monoisotopic (exact) mass is 368 g/mol. The van der Waals surface area contributed by atoms with E-state index in [0.29, 0.717) is 0 Å². The Morgan fingerprint density at radius 1 is 0.760 bits per heavy atom. The molecule has 2 aromatic carbocycles. The van der Waals surface area contributed by atoms with E-state index in [9.17, 15) is 0 Å². The first kappa shape index (κ1) is 23.1. The molecule has 2 rings (SSSR count). The highest BCUT2D eigenvalue weighted by Crippen LogP contribution is 2.09. The molecule has 6 N–H and O–H groups in total. The van der Waals surface area contributed by atoms with Crippen molar-refractivity contribution < 1.29 is 17.5 Å². The van der Waals surface area contributed by atoms with Gasteiger partial charge in [-0.15, -0.1) is 0 Å². The lowest BCUT2D eigenvalue weighted by molar-refractivity contribution is 0.352. The minimum atomic E-state index is -5.17. The van der Waals surface area contributed by atoms with Crippen molar-refractivity contribution in [1.29, 1.82) is 0 Å². The van der Waals surface area contributed by atoms with Crippen LogP contribution in [0.3, 0.4) is 0 Å². The van der Waals surface area contributed by atoms with Crippen LogP contribution in [0.15, 0.2) is 60.7 Å². The molecule has 0 aliphatic rings. The topological polar surface area (TPSA) is 156 Å². The van der Waals surface area contributed by atoms with Gasteiger partial charge in [0.2, 0.25) is 0 Å². The molecule has 0 radical (unpaired) electrons. The lowest BCUT2D eigenvalue weighted by Gasteiger charge is -2.08. The fourth-order valence-corrected chi connectivity index (χ4v) is 1.68. The van der Waals surface area contributed by atoms with Gasteiger partial charge in [-0.3, -0.25) is 31.0 Å². The third kappa shape index (κ3) is 13.2. The average Bonchev–Trinajstić information content (AvgIpc) is 2.61. The summed E-state index contributed by atoms with van der Waals surface area (Å²) in [6.45, 7) is 4.05. The molecule has 2 aromatic rings. The molecule has 0 spiro atoms. The molecule has 8 nitrogen and oxygen atoms in total. The van der Waals surface area contributed by atoms with E-state index in [1.54, 1.807) is 0 Å². The van der Waals surface area contributed by atoms with Crippen LogP contribution in [0.1, 0.15) is 37.1 Å². The van der Waals surface area contributed by atoms with E-state index < -0.39 is 10.4 Å². The van der Waals surface area contributed by atoms with Gasteiger partial charge >= 0.3 is 0 Å². The van der Waals surface area contributed by atoms with Gasteiger partial charge in [0.25, 0.3) is 0 Å². The molecule has 2 atom stereocenters. The van der Waals surface area contributed by atoms with Crippen LogP contribution in [0.25, 0.3) is 0 Å². The van der Waals surface area contributed by atoms with Crippen LogP contribution in [-0.2, 0) is 10.4 Å². The van der Waals surface area contributed by atoms with Gasteiger partial charge in [0.05, 0.1) is 0 Å². The van der Waals surface area contributed by atoms with Crippen molar-refractivity contribution in [2.75, 3.05) is 0 Å². The Labute approximate surface area is 148 Å². The molecule has 0 saturated carbocycles. The number of benzene rings is 2. The Bertz CT molecular complexity index is 616. The molecule has 0 amide bonds. The minimum absolute atomic E-state index is 0.237. The number of hydrazine groups is 2. The summed E-state index contributed by atoms with van der Waals surface area (Å²) < 4.78 is 34.1. The molecular formula is C16H24N4O4S-2. The van der Waals surface area contributed by atoms with Gasteiger partial charge in [0.1, 0.15) is 0 Å². The maximum atomic E-state index is 8.52. The first-order valence-corrected chi connectivity index (χ1v) is 8.71. The van der Waals surface area contributed by atoms with Crippen LogP contribution >= 0.6 is 0 Å². The van der Waals surface area contributed by atoms with Gasteiger partial charge in [-0.25, -0.2) is 0 Å². The van der Waals surface area contributed by atoms with Crippen LogP contribution in [0.5, 0.6) is 0 Å². The largest absolute Gasteiger partial charge is 0.759 e. The predicted molar refractivity (Wildman–Crippen MR) is 94.8 cm³/mol. The van der Waals surface area contributed by atoms with Gasteiger partial charge in [-0.2, -0.15) is 0 Å². The molecule has 0 aliphatic heterocycles. The van der Waals surface area contributed by atoms with E-state index >= 15 is 0 Å². The van der Waals surface area contributed by atoms with E-state index in [1.807, 2.05) is 74.5 Å². The highest BCUT2D eigenvalue weighted by Gasteiger charge is 1.99. The Kier molecular flexibility index (Phi) is 11.6. The summed E-state index contributed by atoms with van der Waals surface area (Å²) in [5, 5.41) is 0. The van der Waals surface area contributed by atoms with E-state index in [4.69, 9.17) is 29.2 Å². The van der Waals surface area contributed by atoms with Crippen molar-refractivity contribution in [1.82, 2.24) is 10.9 Å². The van der Waals surface area contributed by atoms with Crippen molar-refractivity contribution in [3.8, 4) is 0 Å². The highest BCUT2D eigenvalue weighted by molar-refractivity contribution is 7.79. The summed E-state index contributed by atoms with van der Waals surface area (Å²) >= 11 is 0. The number of rotatable bonds is 4. The van der Waals surface area contributed by atoms with Gasteiger partial charge in [-0.05, 0) is 25.0 Å². The summed E-state index contributed by atoms with van der Waals surface area (Å²) in [6, 6.07) is 20.7. The zero-order valence-corrected chi connectivity index (χ0v) is 14.9. The summed E-state index contributed by atoms with van der Waals surface area (Å²) in [7, 11) is -5.17. The average molecular weight is 368 g/mol. The minimum Gasteiger partial charge on any atom is -0.759 e. The first-order valence-electron chi connectivity index (χ1n) is 7.37. The van der Waals surface area contributed by atoms with Crippen LogP contribution in [0.2, 0.25) is 0 Å². The quantitative estimate of drug-likeness (QED) is 0.270. The second kappa shape index (κ2) is 12.5. The standard InChI is InChI=1S/2C8H12N2.H2O4S/c2*1-7(10-9)8-5-3-2-4-6-8;1-5(2,3)4/h2*2-7,10H,9H2,1H3;(H2,1,2,3,4)/p-2. The van der Waals surface area contributed by atoms with Crippen molar-refractivity contribution in [3.63, 3.8) is 0 Å². The zero-order valence-electron chi connectivity index (χ0n) is 14.1. The molecule has 0 saturated heterocycles. The molecule has 0 aromatic heterocycles. The molecule has 0 aliphatic carbocycles. The van der Waals surface area contributed by atoms with E-state index in [2.05, 4.69) is 10.9 Å². The highest BCUT2D eigenvalue weighted by atomic mass is 32.3. The third-order valence-electron chi connectivity index (χ3n) is 3.10. The number of hydrogen-bond donors (Lipinski definition) is 4. The van der Waals surface area contributed by atoms with Gasteiger partial charge < -0.3 is 9.11 Å². The molecule has 140 valence electrons. The Balaban J connectivity index is 0.000000368. The molecule has 0 bridgehead atoms. The maximum absolute atomic E-state index is 8.52. The zero-order chi connectivity index (χ0) is 19.3. The van der Waals surface area contributed by atoms with E-state index in [1.165, 1.54) is 11.1 Å². The molecule has 0 fully saturated rings. The van der Waals surface area contributed by atoms with Crippen molar-refractivity contribution in [2.24, 2.45) is 11.7 Å². The lowest BCUT2D eigenvalue weighted by atomic mass is 10.1. The molecule has 2 unspecified atom stereocenters. The Morgan fingerprint density at radius 2 is 1.00 bits per heavy atom. The number of hydrogen-bond acceptors (Lipinski definition) is 8. The van der Waals surface area contributed by atoms with Crippen LogP contribution in [0, 0.1) is 0 Å². The normalized spacial score (nSPS) is 12.7. The third-order valence-corrected chi connectivity index (χ3v) is 3.10. The van der Waals surface area contributed by atoms with Crippen molar-refractivity contribution >= 4 is 10.4 Å². The Morgan fingerprint density at radius 3 is 1.20 bits per heavy atom. The summed E-state index contributed by atoms with van der Waals surface area (Å²) in [5.41, 5.74) is 7.79. The molecular weight excluding hydrogens is 344 g/mol. The lowest BCUT2D eigenvalue weighted by Crippen LogP contribution is -2.25. The van der Waals surface area contributed by atoms with Crippen molar-refractivity contribution in [2.45, 2.75) is 25.9 Å².